The smallest absolute Gasteiger partial charge is 0.261 e. The van der Waals surface area contributed by atoms with Crippen molar-refractivity contribution in [3.05, 3.63) is 41.5 Å². The molecule has 1 fully saturated rings. The normalized spacial score (nSPS) is 13.9. The zero-order valence-corrected chi connectivity index (χ0v) is 16.1. The highest BCUT2D eigenvalue weighted by atomic mass is 16.5. The number of nitrogens with zero attached hydrogens (tertiary/aromatic N) is 2. The molecule has 1 aliphatic heterocycles. The van der Waals surface area contributed by atoms with Crippen molar-refractivity contribution in [2.75, 3.05) is 40.4 Å². The Balaban J connectivity index is 1.73. The second-order valence-electron chi connectivity index (χ2n) is 6.49. The van der Waals surface area contributed by atoms with Crippen molar-refractivity contribution < 1.29 is 34.4 Å². The van der Waals surface area contributed by atoms with Gasteiger partial charge in [-0.2, -0.15) is 0 Å². The first-order valence-corrected chi connectivity index (χ1v) is 8.91. The van der Waals surface area contributed by atoms with Crippen LogP contribution in [0.4, 0.5) is 0 Å². The second-order valence-corrected chi connectivity index (χ2v) is 6.49. The molecule has 0 radical (unpaired) electrons. The van der Waals surface area contributed by atoms with Gasteiger partial charge in [-0.05, 0) is 24.3 Å². The lowest BCUT2D eigenvalue weighted by Gasteiger charge is -2.35. The molecule has 2 amide bonds. The maximum atomic E-state index is 13.0. The molecule has 9 heteroatoms. The van der Waals surface area contributed by atoms with Gasteiger partial charge in [0.2, 0.25) is 0 Å². The summed E-state index contributed by atoms with van der Waals surface area (Å²) in [6, 6.07) is 7.27. The summed E-state index contributed by atoms with van der Waals surface area (Å²) in [6.45, 7) is 1.12. The second kappa shape index (κ2) is 8.17. The molecule has 1 aliphatic rings. The van der Waals surface area contributed by atoms with E-state index < -0.39 is 23.2 Å². The van der Waals surface area contributed by atoms with Crippen molar-refractivity contribution >= 4 is 11.8 Å². The van der Waals surface area contributed by atoms with E-state index in [0.717, 1.165) is 12.1 Å². The summed E-state index contributed by atoms with van der Waals surface area (Å²) in [6.07, 6.45) is 0. The van der Waals surface area contributed by atoms with Crippen LogP contribution in [0.3, 0.4) is 0 Å². The van der Waals surface area contributed by atoms with Crippen LogP contribution < -0.4 is 9.47 Å². The highest BCUT2D eigenvalue weighted by Gasteiger charge is 2.29. The van der Waals surface area contributed by atoms with Crippen molar-refractivity contribution in [1.82, 2.24) is 9.80 Å². The molecular formula is C20H22N2O7. The van der Waals surface area contributed by atoms with E-state index in [2.05, 4.69) is 0 Å². The molecule has 2 aromatic rings. The quantitative estimate of drug-likeness (QED) is 0.662. The summed E-state index contributed by atoms with van der Waals surface area (Å²) >= 11 is 0. The first kappa shape index (κ1) is 20.1. The van der Waals surface area contributed by atoms with Crippen LogP contribution in [-0.2, 0) is 0 Å². The van der Waals surface area contributed by atoms with Crippen LogP contribution in [0.15, 0.2) is 30.3 Å². The van der Waals surface area contributed by atoms with Gasteiger partial charge in [0.25, 0.3) is 11.8 Å². The molecule has 0 atom stereocenters. The molecule has 0 aliphatic carbocycles. The highest BCUT2D eigenvalue weighted by Crippen LogP contribution is 2.36. The number of methoxy groups -OCH3 is 2. The first-order valence-electron chi connectivity index (χ1n) is 8.91. The van der Waals surface area contributed by atoms with Gasteiger partial charge in [0.1, 0.15) is 17.1 Å². The van der Waals surface area contributed by atoms with Crippen molar-refractivity contribution in [2.24, 2.45) is 0 Å². The minimum atomic E-state index is -0.678. The van der Waals surface area contributed by atoms with Gasteiger partial charge in [0.05, 0.1) is 14.2 Å². The zero-order valence-electron chi connectivity index (χ0n) is 16.1. The number of piperazine rings is 1. The highest BCUT2D eigenvalue weighted by molar-refractivity contribution is 6.00. The average Bonchev–Trinajstić information content (AvgIpc) is 2.75. The number of benzene rings is 2. The van der Waals surface area contributed by atoms with Crippen molar-refractivity contribution in [3.8, 4) is 28.7 Å². The van der Waals surface area contributed by atoms with Crippen LogP contribution in [0.1, 0.15) is 20.7 Å². The Labute approximate surface area is 167 Å². The molecular weight excluding hydrogens is 380 g/mol. The number of carbonyl (C=O) groups excluding carboxylic acids is 2. The standard InChI is InChI=1S/C20H22N2O7/c1-28-15-4-3-5-16(29-2)17(15)20(27)22-8-6-21(7-9-22)19(26)12-10-13(23)18(25)14(24)11-12/h3-5,10-11,23-25H,6-9H2,1-2H3. The number of amides is 2. The van der Waals surface area contributed by atoms with E-state index in [1.54, 1.807) is 23.1 Å². The Morgan fingerprint density at radius 3 is 1.72 bits per heavy atom. The topological polar surface area (TPSA) is 120 Å². The third-order valence-electron chi connectivity index (χ3n) is 4.81. The van der Waals surface area contributed by atoms with Gasteiger partial charge in [0.15, 0.2) is 17.2 Å². The number of phenols is 3. The summed E-state index contributed by atoms with van der Waals surface area (Å²) < 4.78 is 10.6. The Morgan fingerprint density at radius 1 is 0.828 bits per heavy atom. The molecule has 0 saturated carbocycles. The van der Waals surface area contributed by atoms with Gasteiger partial charge in [-0.3, -0.25) is 9.59 Å². The van der Waals surface area contributed by atoms with Crippen molar-refractivity contribution in [3.63, 3.8) is 0 Å². The predicted molar refractivity (Wildman–Crippen MR) is 103 cm³/mol. The van der Waals surface area contributed by atoms with Crippen LogP contribution in [-0.4, -0.2) is 77.3 Å². The Kier molecular flexibility index (Phi) is 5.67. The third-order valence-corrected chi connectivity index (χ3v) is 4.81. The number of ether oxygens (including phenoxy) is 2. The van der Waals surface area contributed by atoms with Crippen molar-refractivity contribution in [1.29, 1.82) is 0 Å². The lowest BCUT2D eigenvalue weighted by atomic mass is 10.1. The number of rotatable bonds is 4. The Hall–Kier alpha value is -3.62. The molecule has 9 nitrogen and oxygen atoms in total. The fourth-order valence-electron chi connectivity index (χ4n) is 3.24. The van der Waals surface area contributed by atoms with Gasteiger partial charge < -0.3 is 34.6 Å². The van der Waals surface area contributed by atoms with Crippen LogP contribution in [0.2, 0.25) is 0 Å². The number of hydrogen-bond acceptors (Lipinski definition) is 7. The van der Waals surface area contributed by atoms with E-state index in [9.17, 15) is 24.9 Å². The molecule has 3 rings (SSSR count). The van der Waals surface area contributed by atoms with Crippen molar-refractivity contribution in [2.45, 2.75) is 0 Å². The van der Waals surface area contributed by atoms with Crippen LogP contribution in [0.5, 0.6) is 28.7 Å². The van der Waals surface area contributed by atoms with Gasteiger partial charge in [-0.15, -0.1) is 0 Å². The maximum absolute atomic E-state index is 13.0. The molecule has 3 N–H and O–H groups in total. The molecule has 0 bridgehead atoms. The van der Waals surface area contributed by atoms with E-state index in [1.807, 2.05) is 0 Å². The molecule has 0 aromatic heterocycles. The predicted octanol–water partition coefficient (Wildman–Crippen LogP) is 1.42. The van der Waals surface area contributed by atoms with Gasteiger partial charge in [0, 0.05) is 31.7 Å². The number of phenolic OH excluding ortho intramolecular Hbond substituents is 3. The van der Waals surface area contributed by atoms with Gasteiger partial charge in [-0.1, -0.05) is 6.07 Å². The first-order chi connectivity index (χ1) is 13.9. The van der Waals surface area contributed by atoms with E-state index >= 15 is 0 Å². The van der Waals surface area contributed by atoms with Gasteiger partial charge >= 0.3 is 0 Å². The molecule has 0 spiro atoms. The minimum absolute atomic E-state index is 0.0453. The van der Waals surface area contributed by atoms with Crippen LogP contribution >= 0.6 is 0 Å². The Bertz CT molecular complexity index is 891. The zero-order chi connectivity index (χ0) is 21.1. The van der Waals surface area contributed by atoms with Crippen LogP contribution in [0.25, 0.3) is 0 Å². The summed E-state index contributed by atoms with van der Waals surface area (Å²) in [7, 11) is 2.95. The number of carbonyl (C=O) groups is 2. The fourth-order valence-corrected chi connectivity index (χ4v) is 3.24. The van der Waals surface area contributed by atoms with Crippen LogP contribution in [0, 0.1) is 0 Å². The molecule has 154 valence electrons. The summed E-state index contributed by atoms with van der Waals surface area (Å²) in [5.74, 6) is -1.70. The summed E-state index contributed by atoms with van der Waals surface area (Å²) in [4.78, 5) is 28.8. The molecule has 1 heterocycles. The Morgan fingerprint density at radius 2 is 1.28 bits per heavy atom. The van der Waals surface area contributed by atoms with E-state index in [1.165, 1.54) is 19.1 Å². The SMILES string of the molecule is COc1cccc(OC)c1C(=O)N1CCN(C(=O)c2cc(O)c(O)c(O)c2)CC1. The third kappa shape index (κ3) is 3.84. The molecule has 2 aromatic carbocycles. The maximum Gasteiger partial charge on any atom is 0.261 e. The molecule has 1 saturated heterocycles. The summed E-state index contributed by atoms with van der Waals surface area (Å²) in [5, 5.41) is 28.6. The van der Waals surface area contributed by atoms with Gasteiger partial charge in [-0.25, -0.2) is 0 Å². The average molecular weight is 402 g/mol. The largest absolute Gasteiger partial charge is 0.504 e. The van der Waals surface area contributed by atoms with E-state index in [4.69, 9.17) is 9.47 Å². The molecule has 0 unspecified atom stereocenters. The minimum Gasteiger partial charge on any atom is -0.504 e. The lowest BCUT2D eigenvalue weighted by molar-refractivity contribution is 0.0531. The van der Waals surface area contributed by atoms with E-state index in [0.29, 0.717) is 30.2 Å². The molecule has 29 heavy (non-hydrogen) atoms. The summed E-state index contributed by atoms with van der Waals surface area (Å²) in [5.41, 5.74) is 0.370. The number of aromatic hydroxyl groups is 3. The lowest BCUT2D eigenvalue weighted by Crippen LogP contribution is -2.50. The monoisotopic (exact) mass is 402 g/mol. The number of hydrogen-bond donors (Lipinski definition) is 3. The van der Waals surface area contributed by atoms with E-state index in [-0.39, 0.29) is 24.6 Å². The fraction of sp³-hybridized carbons (Fsp3) is 0.300.